The first-order chi connectivity index (χ1) is 13.3. The highest BCUT2D eigenvalue weighted by molar-refractivity contribution is 5.90. The molecule has 2 nitrogen and oxygen atoms in total. The standard InChI is InChI=1S/C25H19NO/c1-18-9-13-22(14-10-18)27-25-23(17-26-15-5-4-8-24(25)26)21-12-11-19-6-2-3-7-20(19)16-21/h2-17H,1H3. The second-order valence-corrected chi connectivity index (χ2v) is 6.84. The number of fused-ring (bicyclic) bond motifs is 2. The van der Waals surface area contributed by atoms with Crippen LogP contribution in [0.1, 0.15) is 5.56 Å². The quantitative estimate of drug-likeness (QED) is 0.347. The molecule has 0 unspecified atom stereocenters. The maximum Gasteiger partial charge on any atom is 0.160 e. The Kier molecular flexibility index (Phi) is 3.68. The molecular formula is C25H19NO. The van der Waals surface area contributed by atoms with Crippen molar-refractivity contribution in [3.05, 3.63) is 103 Å². The molecule has 2 heteroatoms. The smallest absolute Gasteiger partial charge is 0.160 e. The zero-order chi connectivity index (χ0) is 18.2. The molecule has 0 amide bonds. The molecule has 0 saturated carbocycles. The first kappa shape index (κ1) is 15.7. The molecule has 5 rings (SSSR count). The van der Waals surface area contributed by atoms with Crippen LogP contribution in [-0.4, -0.2) is 4.40 Å². The molecule has 3 aromatic carbocycles. The molecule has 0 atom stereocenters. The molecule has 2 aromatic heterocycles. The number of hydrogen-bond donors (Lipinski definition) is 0. The second kappa shape index (κ2) is 6.33. The number of aryl methyl sites for hydroxylation is 1. The van der Waals surface area contributed by atoms with E-state index in [-0.39, 0.29) is 0 Å². The van der Waals surface area contributed by atoms with Crippen molar-refractivity contribution in [1.82, 2.24) is 4.40 Å². The van der Waals surface area contributed by atoms with Crippen molar-refractivity contribution in [2.24, 2.45) is 0 Å². The van der Waals surface area contributed by atoms with Gasteiger partial charge in [-0.15, -0.1) is 0 Å². The Balaban J connectivity index is 1.69. The van der Waals surface area contributed by atoms with Gasteiger partial charge in [-0.05, 0) is 53.6 Å². The van der Waals surface area contributed by atoms with Crippen LogP contribution in [0, 0.1) is 6.92 Å². The van der Waals surface area contributed by atoms with Crippen LogP contribution in [0.4, 0.5) is 0 Å². The molecule has 27 heavy (non-hydrogen) atoms. The van der Waals surface area contributed by atoms with Crippen LogP contribution in [0.15, 0.2) is 97.3 Å². The Morgan fingerprint density at radius 2 is 1.52 bits per heavy atom. The minimum absolute atomic E-state index is 0.847. The predicted octanol–water partition coefficient (Wildman–Crippen LogP) is 6.86. The number of aromatic nitrogens is 1. The van der Waals surface area contributed by atoms with Gasteiger partial charge in [-0.2, -0.15) is 0 Å². The number of nitrogens with zero attached hydrogens (tertiary/aromatic N) is 1. The molecular weight excluding hydrogens is 330 g/mol. The van der Waals surface area contributed by atoms with Crippen LogP contribution in [0.25, 0.3) is 27.4 Å². The predicted molar refractivity (Wildman–Crippen MR) is 112 cm³/mol. The molecule has 0 spiro atoms. The molecule has 0 aliphatic carbocycles. The average Bonchev–Trinajstić information content (AvgIpc) is 3.08. The van der Waals surface area contributed by atoms with E-state index in [4.69, 9.17) is 4.74 Å². The summed E-state index contributed by atoms with van der Waals surface area (Å²) >= 11 is 0. The Morgan fingerprint density at radius 3 is 2.37 bits per heavy atom. The summed E-state index contributed by atoms with van der Waals surface area (Å²) in [5.41, 5.74) is 4.52. The normalized spacial score (nSPS) is 11.1. The lowest BCUT2D eigenvalue weighted by atomic mass is 10.0. The molecule has 0 fully saturated rings. The third-order valence-corrected chi connectivity index (χ3v) is 4.94. The van der Waals surface area contributed by atoms with Crippen LogP contribution in [0.5, 0.6) is 11.5 Å². The molecule has 130 valence electrons. The molecule has 2 heterocycles. The van der Waals surface area contributed by atoms with Gasteiger partial charge in [0.05, 0.1) is 5.52 Å². The Hall–Kier alpha value is -3.52. The zero-order valence-electron chi connectivity index (χ0n) is 15.1. The first-order valence-electron chi connectivity index (χ1n) is 9.11. The van der Waals surface area contributed by atoms with Crippen LogP contribution in [0.3, 0.4) is 0 Å². The molecule has 0 bridgehead atoms. The van der Waals surface area contributed by atoms with E-state index in [9.17, 15) is 0 Å². The molecule has 0 aliphatic rings. The van der Waals surface area contributed by atoms with Gasteiger partial charge in [0.2, 0.25) is 0 Å². The fraction of sp³-hybridized carbons (Fsp3) is 0.0400. The molecule has 0 aliphatic heterocycles. The van der Waals surface area contributed by atoms with Gasteiger partial charge in [0.1, 0.15) is 5.75 Å². The van der Waals surface area contributed by atoms with Gasteiger partial charge in [0, 0.05) is 18.0 Å². The fourth-order valence-electron chi connectivity index (χ4n) is 3.49. The van der Waals surface area contributed by atoms with Crippen molar-refractivity contribution in [1.29, 1.82) is 0 Å². The average molecular weight is 349 g/mol. The first-order valence-corrected chi connectivity index (χ1v) is 9.11. The fourth-order valence-corrected chi connectivity index (χ4v) is 3.49. The van der Waals surface area contributed by atoms with Gasteiger partial charge in [-0.25, -0.2) is 0 Å². The third kappa shape index (κ3) is 2.85. The highest BCUT2D eigenvalue weighted by Gasteiger charge is 2.15. The number of pyridine rings is 1. The Labute approximate surface area is 158 Å². The van der Waals surface area contributed by atoms with Crippen molar-refractivity contribution in [2.45, 2.75) is 6.92 Å². The summed E-state index contributed by atoms with van der Waals surface area (Å²) in [7, 11) is 0. The maximum atomic E-state index is 6.36. The van der Waals surface area contributed by atoms with E-state index in [2.05, 4.69) is 84.4 Å². The summed E-state index contributed by atoms with van der Waals surface area (Å²) in [6.07, 6.45) is 4.20. The van der Waals surface area contributed by atoms with Crippen molar-refractivity contribution in [3.63, 3.8) is 0 Å². The topological polar surface area (TPSA) is 13.6 Å². The van der Waals surface area contributed by atoms with Crippen molar-refractivity contribution in [2.75, 3.05) is 0 Å². The van der Waals surface area contributed by atoms with Crippen molar-refractivity contribution < 1.29 is 4.74 Å². The minimum atomic E-state index is 0.847. The van der Waals surface area contributed by atoms with E-state index < -0.39 is 0 Å². The van der Waals surface area contributed by atoms with Crippen LogP contribution in [0.2, 0.25) is 0 Å². The van der Waals surface area contributed by atoms with Crippen molar-refractivity contribution in [3.8, 4) is 22.6 Å². The largest absolute Gasteiger partial charge is 0.454 e. The van der Waals surface area contributed by atoms with Gasteiger partial charge in [-0.3, -0.25) is 0 Å². The van der Waals surface area contributed by atoms with Crippen LogP contribution >= 0.6 is 0 Å². The van der Waals surface area contributed by atoms with Crippen molar-refractivity contribution >= 4 is 16.3 Å². The van der Waals surface area contributed by atoms with E-state index in [1.165, 1.54) is 16.3 Å². The summed E-state index contributed by atoms with van der Waals surface area (Å²) in [6, 6.07) is 29.3. The zero-order valence-corrected chi connectivity index (χ0v) is 15.1. The molecule has 0 saturated heterocycles. The van der Waals surface area contributed by atoms with Crippen LogP contribution < -0.4 is 4.74 Å². The Bertz CT molecular complexity index is 1250. The molecule has 0 N–H and O–H groups in total. The molecule has 0 radical (unpaired) electrons. The highest BCUT2D eigenvalue weighted by Crippen LogP contribution is 2.39. The van der Waals surface area contributed by atoms with Crippen LogP contribution in [-0.2, 0) is 0 Å². The highest BCUT2D eigenvalue weighted by atomic mass is 16.5. The summed E-state index contributed by atoms with van der Waals surface area (Å²) in [5.74, 6) is 1.73. The maximum absolute atomic E-state index is 6.36. The number of benzene rings is 3. The van der Waals surface area contributed by atoms with Gasteiger partial charge >= 0.3 is 0 Å². The van der Waals surface area contributed by atoms with E-state index in [1.54, 1.807) is 0 Å². The lowest BCUT2D eigenvalue weighted by molar-refractivity contribution is 0.490. The lowest BCUT2D eigenvalue weighted by Gasteiger charge is -2.09. The van der Waals surface area contributed by atoms with E-state index in [0.29, 0.717) is 0 Å². The van der Waals surface area contributed by atoms with Gasteiger partial charge in [0.15, 0.2) is 5.75 Å². The lowest BCUT2D eigenvalue weighted by Crippen LogP contribution is -1.87. The SMILES string of the molecule is Cc1ccc(Oc2c(-c3ccc4ccccc4c3)cn3ccccc23)cc1. The summed E-state index contributed by atoms with van der Waals surface area (Å²) in [6.45, 7) is 2.08. The minimum Gasteiger partial charge on any atom is -0.454 e. The molecule has 5 aromatic rings. The van der Waals surface area contributed by atoms with Gasteiger partial charge in [-0.1, -0.05) is 60.2 Å². The van der Waals surface area contributed by atoms with E-state index in [0.717, 1.165) is 28.1 Å². The summed E-state index contributed by atoms with van der Waals surface area (Å²) in [4.78, 5) is 0. The number of rotatable bonds is 3. The van der Waals surface area contributed by atoms with E-state index in [1.807, 2.05) is 24.3 Å². The summed E-state index contributed by atoms with van der Waals surface area (Å²) in [5, 5.41) is 2.47. The second-order valence-electron chi connectivity index (χ2n) is 6.84. The van der Waals surface area contributed by atoms with Gasteiger partial charge in [0.25, 0.3) is 0 Å². The monoisotopic (exact) mass is 349 g/mol. The van der Waals surface area contributed by atoms with Gasteiger partial charge < -0.3 is 9.14 Å². The van der Waals surface area contributed by atoms with E-state index >= 15 is 0 Å². The number of ether oxygens (including phenoxy) is 1. The Morgan fingerprint density at radius 1 is 0.741 bits per heavy atom. The number of hydrogen-bond acceptors (Lipinski definition) is 1. The summed E-state index contributed by atoms with van der Waals surface area (Å²) < 4.78 is 8.48. The third-order valence-electron chi connectivity index (χ3n) is 4.94.